The van der Waals surface area contributed by atoms with Gasteiger partial charge in [-0.15, -0.1) is 0 Å². The Balaban J connectivity index is 2.12. The van der Waals surface area contributed by atoms with Gasteiger partial charge in [0.05, 0.1) is 13.7 Å². The Morgan fingerprint density at radius 1 is 0.952 bits per heavy atom. The smallest absolute Gasteiger partial charge is 0.119 e. The van der Waals surface area contributed by atoms with Crippen molar-refractivity contribution >= 4 is 0 Å². The fourth-order valence-corrected chi connectivity index (χ4v) is 2.37. The molecule has 0 heterocycles. The lowest BCUT2D eigenvalue weighted by atomic mass is 9.86. The molecule has 2 aromatic rings. The van der Waals surface area contributed by atoms with E-state index in [9.17, 15) is 0 Å². The third kappa shape index (κ3) is 3.99. The second-order valence-electron chi connectivity index (χ2n) is 5.40. The monoisotopic (exact) mass is 285 g/mol. The molecular formula is C18H23NO2. The summed E-state index contributed by atoms with van der Waals surface area (Å²) in [6.07, 6.45) is 0.769. The minimum Gasteiger partial charge on any atom is -0.497 e. The first kappa shape index (κ1) is 15.4. The van der Waals surface area contributed by atoms with Crippen LogP contribution in [0.3, 0.4) is 0 Å². The number of hydrogen-bond acceptors (Lipinski definition) is 3. The Morgan fingerprint density at radius 2 is 1.52 bits per heavy atom. The molecule has 112 valence electrons. The standard InChI is InChI=1S/C18H23NO2/c1-4-21-17-11-7-15(8-12-17)18(2,19)13-14-5-9-16(20-3)10-6-14/h5-12H,4,13,19H2,1-3H3. The highest BCUT2D eigenvalue weighted by Crippen LogP contribution is 2.25. The van der Waals surface area contributed by atoms with Crippen molar-refractivity contribution < 1.29 is 9.47 Å². The maximum atomic E-state index is 6.49. The first-order valence-corrected chi connectivity index (χ1v) is 7.20. The van der Waals surface area contributed by atoms with Crippen molar-refractivity contribution in [3.63, 3.8) is 0 Å². The minimum atomic E-state index is -0.417. The van der Waals surface area contributed by atoms with Gasteiger partial charge in [0.15, 0.2) is 0 Å². The average Bonchev–Trinajstić information content (AvgIpc) is 2.48. The molecule has 0 fully saturated rings. The van der Waals surface area contributed by atoms with Crippen LogP contribution in [0.2, 0.25) is 0 Å². The van der Waals surface area contributed by atoms with E-state index in [-0.39, 0.29) is 0 Å². The van der Waals surface area contributed by atoms with Gasteiger partial charge in [-0.05, 0) is 55.7 Å². The van der Waals surface area contributed by atoms with Crippen molar-refractivity contribution in [3.8, 4) is 11.5 Å². The molecule has 0 aliphatic carbocycles. The van der Waals surface area contributed by atoms with Crippen LogP contribution in [0, 0.1) is 0 Å². The number of methoxy groups -OCH3 is 1. The molecule has 0 aliphatic rings. The zero-order chi connectivity index (χ0) is 15.3. The molecule has 0 aromatic heterocycles. The normalized spacial score (nSPS) is 13.5. The topological polar surface area (TPSA) is 44.5 Å². The van der Waals surface area contributed by atoms with Gasteiger partial charge in [0.25, 0.3) is 0 Å². The summed E-state index contributed by atoms with van der Waals surface area (Å²) in [5.74, 6) is 1.74. The summed E-state index contributed by atoms with van der Waals surface area (Å²) < 4.78 is 10.6. The molecule has 2 rings (SSSR count). The van der Waals surface area contributed by atoms with Crippen LogP contribution < -0.4 is 15.2 Å². The third-order valence-electron chi connectivity index (χ3n) is 3.56. The van der Waals surface area contributed by atoms with Gasteiger partial charge in [0.1, 0.15) is 11.5 Å². The molecule has 0 spiro atoms. The van der Waals surface area contributed by atoms with Crippen LogP contribution in [0.15, 0.2) is 48.5 Å². The summed E-state index contributed by atoms with van der Waals surface area (Å²) in [6, 6.07) is 16.0. The first-order valence-electron chi connectivity index (χ1n) is 7.20. The van der Waals surface area contributed by atoms with Crippen molar-refractivity contribution in [3.05, 3.63) is 59.7 Å². The molecular weight excluding hydrogens is 262 g/mol. The summed E-state index contributed by atoms with van der Waals surface area (Å²) in [5, 5.41) is 0. The molecule has 2 aromatic carbocycles. The predicted molar refractivity (Wildman–Crippen MR) is 85.8 cm³/mol. The second kappa shape index (κ2) is 6.64. The summed E-state index contributed by atoms with van der Waals surface area (Å²) in [5.41, 5.74) is 8.36. The Bertz CT molecular complexity index is 559. The van der Waals surface area contributed by atoms with E-state index in [0.717, 1.165) is 23.5 Å². The van der Waals surface area contributed by atoms with Gasteiger partial charge < -0.3 is 15.2 Å². The van der Waals surface area contributed by atoms with Crippen molar-refractivity contribution in [2.45, 2.75) is 25.8 Å². The van der Waals surface area contributed by atoms with Gasteiger partial charge in [-0.25, -0.2) is 0 Å². The van der Waals surface area contributed by atoms with Crippen LogP contribution in [0.4, 0.5) is 0 Å². The molecule has 1 unspecified atom stereocenters. The van der Waals surface area contributed by atoms with E-state index in [2.05, 4.69) is 12.1 Å². The molecule has 0 radical (unpaired) electrons. The Kier molecular flexibility index (Phi) is 4.86. The summed E-state index contributed by atoms with van der Waals surface area (Å²) in [7, 11) is 1.67. The number of nitrogens with two attached hydrogens (primary N) is 1. The summed E-state index contributed by atoms with van der Waals surface area (Å²) in [4.78, 5) is 0. The van der Waals surface area contributed by atoms with Gasteiger partial charge in [0, 0.05) is 5.54 Å². The van der Waals surface area contributed by atoms with Gasteiger partial charge in [-0.1, -0.05) is 24.3 Å². The molecule has 21 heavy (non-hydrogen) atoms. The lowest BCUT2D eigenvalue weighted by molar-refractivity contribution is 0.340. The van der Waals surface area contributed by atoms with Crippen molar-refractivity contribution in [1.29, 1.82) is 0 Å². The van der Waals surface area contributed by atoms with E-state index in [0.29, 0.717) is 6.61 Å². The molecule has 0 bridgehead atoms. The van der Waals surface area contributed by atoms with Gasteiger partial charge in [0.2, 0.25) is 0 Å². The molecule has 1 atom stereocenters. The Hall–Kier alpha value is -2.00. The van der Waals surface area contributed by atoms with Crippen LogP contribution in [0.5, 0.6) is 11.5 Å². The van der Waals surface area contributed by atoms with Crippen LogP contribution in [0.1, 0.15) is 25.0 Å². The number of hydrogen-bond donors (Lipinski definition) is 1. The maximum Gasteiger partial charge on any atom is 0.119 e. The number of ether oxygens (including phenoxy) is 2. The van der Waals surface area contributed by atoms with E-state index in [1.165, 1.54) is 5.56 Å². The van der Waals surface area contributed by atoms with E-state index in [4.69, 9.17) is 15.2 Å². The van der Waals surface area contributed by atoms with Crippen LogP contribution in [-0.2, 0) is 12.0 Å². The molecule has 2 N–H and O–H groups in total. The first-order chi connectivity index (χ1) is 10.0. The highest BCUT2D eigenvalue weighted by Gasteiger charge is 2.21. The van der Waals surface area contributed by atoms with E-state index >= 15 is 0 Å². The quantitative estimate of drug-likeness (QED) is 0.883. The van der Waals surface area contributed by atoms with Crippen LogP contribution in [0.25, 0.3) is 0 Å². The summed E-state index contributed by atoms with van der Waals surface area (Å²) >= 11 is 0. The molecule has 0 aliphatic heterocycles. The molecule has 0 amide bonds. The van der Waals surface area contributed by atoms with Crippen molar-refractivity contribution in [2.24, 2.45) is 5.73 Å². The van der Waals surface area contributed by atoms with E-state index in [1.54, 1.807) is 7.11 Å². The zero-order valence-electron chi connectivity index (χ0n) is 12.9. The second-order valence-corrected chi connectivity index (χ2v) is 5.40. The maximum absolute atomic E-state index is 6.49. The Labute approximate surface area is 126 Å². The van der Waals surface area contributed by atoms with Gasteiger partial charge in [-0.2, -0.15) is 0 Å². The summed E-state index contributed by atoms with van der Waals surface area (Å²) in [6.45, 7) is 4.70. The van der Waals surface area contributed by atoms with Crippen molar-refractivity contribution in [1.82, 2.24) is 0 Å². The highest BCUT2D eigenvalue weighted by molar-refractivity contribution is 5.34. The largest absolute Gasteiger partial charge is 0.497 e. The highest BCUT2D eigenvalue weighted by atomic mass is 16.5. The van der Waals surface area contributed by atoms with Crippen LogP contribution >= 0.6 is 0 Å². The third-order valence-corrected chi connectivity index (χ3v) is 3.56. The van der Waals surface area contributed by atoms with E-state index in [1.807, 2.05) is 50.2 Å². The number of rotatable bonds is 6. The average molecular weight is 285 g/mol. The lowest BCUT2D eigenvalue weighted by Crippen LogP contribution is -2.35. The van der Waals surface area contributed by atoms with Gasteiger partial charge in [-0.3, -0.25) is 0 Å². The fourth-order valence-electron chi connectivity index (χ4n) is 2.37. The zero-order valence-corrected chi connectivity index (χ0v) is 12.9. The van der Waals surface area contributed by atoms with Gasteiger partial charge >= 0.3 is 0 Å². The minimum absolute atomic E-state index is 0.417. The van der Waals surface area contributed by atoms with Crippen LogP contribution in [-0.4, -0.2) is 13.7 Å². The molecule has 0 saturated carbocycles. The Morgan fingerprint density at radius 3 is 2.05 bits per heavy atom. The lowest BCUT2D eigenvalue weighted by Gasteiger charge is -2.25. The molecule has 3 heteroatoms. The predicted octanol–water partition coefficient (Wildman–Crippen LogP) is 3.51. The van der Waals surface area contributed by atoms with E-state index < -0.39 is 5.54 Å². The van der Waals surface area contributed by atoms with Crippen molar-refractivity contribution in [2.75, 3.05) is 13.7 Å². The SMILES string of the molecule is CCOc1ccc(C(C)(N)Cc2ccc(OC)cc2)cc1. The molecule has 0 saturated heterocycles. The fraction of sp³-hybridized carbons (Fsp3) is 0.333. The number of benzene rings is 2. The molecule has 3 nitrogen and oxygen atoms in total.